The van der Waals surface area contributed by atoms with Crippen molar-refractivity contribution >= 4 is 0 Å². The number of benzene rings is 1. The first-order valence-electron chi connectivity index (χ1n) is 7.97. The average Bonchev–Trinajstić information content (AvgIpc) is 3.27. The van der Waals surface area contributed by atoms with Gasteiger partial charge < -0.3 is 14.2 Å². The van der Waals surface area contributed by atoms with Gasteiger partial charge in [0, 0.05) is 19.7 Å². The number of ether oxygens (including phenoxy) is 3. The highest BCUT2D eigenvalue weighted by Crippen LogP contribution is 2.31. The first kappa shape index (κ1) is 14.8. The van der Waals surface area contributed by atoms with Gasteiger partial charge >= 0.3 is 0 Å². The third-order valence-corrected chi connectivity index (χ3v) is 4.28. The van der Waals surface area contributed by atoms with Gasteiger partial charge in [-0.2, -0.15) is 0 Å². The molecule has 0 bridgehead atoms. The number of hydrogen-bond donors (Lipinski definition) is 0. The van der Waals surface area contributed by atoms with Crippen LogP contribution in [0.1, 0.15) is 25.3 Å². The second-order valence-electron chi connectivity index (χ2n) is 5.95. The number of likely N-dealkylation sites (tertiary alicyclic amines) is 1. The van der Waals surface area contributed by atoms with Gasteiger partial charge in [0.15, 0.2) is 12.5 Å². The van der Waals surface area contributed by atoms with Crippen LogP contribution in [0.3, 0.4) is 0 Å². The molecule has 2 fully saturated rings. The molecule has 0 aromatic heterocycles. The van der Waals surface area contributed by atoms with Crippen molar-refractivity contribution in [2.24, 2.45) is 5.92 Å². The maximum atomic E-state index is 5.90. The first-order chi connectivity index (χ1) is 10.3. The molecule has 4 nitrogen and oxygen atoms in total. The van der Waals surface area contributed by atoms with Gasteiger partial charge in [-0.15, -0.1) is 0 Å². The third-order valence-electron chi connectivity index (χ3n) is 4.28. The summed E-state index contributed by atoms with van der Waals surface area (Å²) in [6.45, 7) is 7.80. The van der Waals surface area contributed by atoms with E-state index in [0.29, 0.717) is 5.92 Å². The number of rotatable bonds is 6. The largest absolute Gasteiger partial charge is 0.493 e. The second kappa shape index (κ2) is 6.77. The topological polar surface area (TPSA) is 34.2 Å². The lowest BCUT2D eigenvalue weighted by Gasteiger charge is -2.30. The van der Waals surface area contributed by atoms with Crippen LogP contribution in [0.2, 0.25) is 0 Å². The molecule has 1 aromatic rings. The Morgan fingerprint density at radius 3 is 2.57 bits per heavy atom. The number of piperidine rings is 1. The monoisotopic (exact) mass is 291 g/mol. The molecule has 2 heterocycles. The third kappa shape index (κ3) is 3.96. The Labute approximate surface area is 127 Å². The van der Waals surface area contributed by atoms with E-state index < -0.39 is 0 Å². The molecule has 2 aliphatic rings. The average molecular weight is 291 g/mol. The van der Waals surface area contributed by atoms with E-state index in [9.17, 15) is 0 Å². The van der Waals surface area contributed by atoms with E-state index in [2.05, 4.69) is 36.1 Å². The maximum Gasteiger partial charge on any atom is 0.199 e. The van der Waals surface area contributed by atoms with E-state index >= 15 is 0 Å². The van der Waals surface area contributed by atoms with Gasteiger partial charge in [-0.1, -0.05) is 17.7 Å². The van der Waals surface area contributed by atoms with Crippen molar-refractivity contribution in [3.8, 4) is 5.75 Å². The molecule has 4 heteroatoms. The minimum Gasteiger partial charge on any atom is -0.493 e. The van der Waals surface area contributed by atoms with Crippen LogP contribution in [0, 0.1) is 12.8 Å². The molecular formula is C17H25NO3. The van der Waals surface area contributed by atoms with Crippen molar-refractivity contribution in [3.63, 3.8) is 0 Å². The molecule has 116 valence electrons. The molecule has 0 spiro atoms. The molecule has 3 rings (SSSR count). The van der Waals surface area contributed by atoms with Crippen molar-refractivity contribution in [3.05, 3.63) is 29.8 Å². The molecule has 0 aliphatic carbocycles. The van der Waals surface area contributed by atoms with Crippen molar-refractivity contribution in [2.75, 3.05) is 26.3 Å². The highest BCUT2D eigenvalue weighted by atomic mass is 16.8. The molecule has 0 amide bonds. The first-order valence-corrected chi connectivity index (χ1v) is 7.97. The molecule has 2 aliphatic heterocycles. The Morgan fingerprint density at radius 1 is 1.19 bits per heavy atom. The molecule has 2 saturated heterocycles. The van der Waals surface area contributed by atoms with Crippen molar-refractivity contribution in [1.82, 2.24) is 4.90 Å². The van der Waals surface area contributed by atoms with Crippen LogP contribution in [0.25, 0.3) is 0 Å². The second-order valence-corrected chi connectivity index (χ2v) is 5.95. The van der Waals surface area contributed by atoms with E-state index in [1.807, 2.05) is 6.92 Å². The van der Waals surface area contributed by atoms with Gasteiger partial charge in [0.05, 0.1) is 6.61 Å². The summed E-state index contributed by atoms with van der Waals surface area (Å²) in [6.07, 6.45) is 2.55. The fourth-order valence-corrected chi connectivity index (χ4v) is 2.86. The predicted octanol–water partition coefficient (Wildman–Crippen LogP) is 2.80. The number of epoxide rings is 1. The summed E-state index contributed by atoms with van der Waals surface area (Å²) < 4.78 is 16.9. The summed E-state index contributed by atoms with van der Waals surface area (Å²) in [5, 5.41) is 0. The molecule has 1 aromatic carbocycles. The Kier molecular flexibility index (Phi) is 4.78. The summed E-state index contributed by atoms with van der Waals surface area (Å²) >= 11 is 0. The fraction of sp³-hybridized carbons (Fsp3) is 0.647. The minimum absolute atomic E-state index is 0.00959. The Hall–Kier alpha value is -1.10. The van der Waals surface area contributed by atoms with Crippen LogP contribution in [0.15, 0.2) is 24.3 Å². The van der Waals surface area contributed by atoms with Gasteiger partial charge in [-0.3, -0.25) is 4.90 Å². The van der Waals surface area contributed by atoms with Gasteiger partial charge in [0.1, 0.15) is 5.75 Å². The molecule has 0 N–H and O–H groups in total. The summed E-state index contributed by atoms with van der Waals surface area (Å²) in [5.41, 5.74) is 1.27. The van der Waals surface area contributed by atoms with Crippen molar-refractivity contribution < 1.29 is 14.2 Å². The number of aryl methyl sites for hydroxylation is 1. The fourth-order valence-electron chi connectivity index (χ4n) is 2.86. The molecular weight excluding hydrogens is 266 g/mol. The maximum absolute atomic E-state index is 5.90. The highest BCUT2D eigenvalue weighted by Gasteiger charge is 2.45. The standard InChI is InChI=1S/C17H25NO3/c1-3-19-17-16(21-17)18-10-8-14(9-11-18)12-20-15-6-4-13(2)5-7-15/h4-7,14,16-17H,3,8-12H2,1-2H3. The normalized spacial score (nSPS) is 26.8. The van der Waals surface area contributed by atoms with Gasteiger partial charge in [-0.25, -0.2) is 0 Å². The highest BCUT2D eigenvalue weighted by molar-refractivity contribution is 5.26. The zero-order chi connectivity index (χ0) is 14.7. The summed E-state index contributed by atoms with van der Waals surface area (Å²) in [6, 6.07) is 8.29. The molecule has 0 saturated carbocycles. The number of hydrogen-bond acceptors (Lipinski definition) is 4. The predicted molar refractivity (Wildman–Crippen MR) is 81.3 cm³/mol. The van der Waals surface area contributed by atoms with Gasteiger partial charge in [-0.05, 0) is 44.7 Å². The molecule has 2 atom stereocenters. The SMILES string of the molecule is CCOC1OC1N1CCC(COc2ccc(C)cc2)CC1. The Bertz CT molecular complexity index is 440. The summed E-state index contributed by atoms with van der Waals surface area (Å²) in [7, 11) is 0. The van der Waals surface area contributed by atoms with E-state index in [0.717, 1.165) is 32.1 Å². The van der Waals surface area contributed by atoms with E-state index in [1.54, 1.807) is 0 Å². The smallest absolute Gasteiger partial charge is 0.199 e. The van der Waals surface area contributed by atoms with Crippen LogP contribution >= 0.6 is 0 Å². The quantitative estimate of drug-likeness (QED) is 0.755. The van der Waals surface area contributed by atoms with Crippen LogP contribution in [0.4, 0.5) is 0 Å². The van der Waals surface area contributed by atoms with Crippen LogP contribution in [0.5, 0.6) is 5.75 Å². The molecule has 2 unspecified atom stereocenters. The Morgan fingerprint density at radius 2 is 1.90 bits per heavy atom. The summed E-state index contributed by atoms with van der Waals surface area (Å²) in [5.74, 6) is 1.62. The van der Waals surface area contributed by atoms with E-state index in [-0.39, 0.29) is 12.5 Å². The molecule has 21 heavy (non-hydrogen) atoms. The van der Waals surface area contributed by atoms with Gasteiger partial charge in [0.2, 0.25) is 0 Å². The lowest BCUT2D eigenvalue weighted by Crippen LogP contribution is -2.38. The van der Waals surface area contributed by atoms with E-state index in [4.69, 9.17) is 14.2 Å². The van der Waals surface area contributed by atoms with Crippen molar-refractivity contribution in [2.45, 2.75) is 39.2 Å². The van der Waals surface area contributed by atoms with Crippen LogP contribution < -0.4 is 4.74 Å². The minimum atomic E-state index is 0.00959. The lowest BCUT2D eigenvalue weighted by atomic mass is 9.98. The zero-order valence-corrected chi connectivity index (χ0v) is 13.0. The summed E-state index contributed by atoms with van der Waals surface area (Å²) in [4.78, 5) is 2.39. The van der Waals surface area contributed by atoms with Gasteiger partial charge in [0.25, 0.3) is 0 Å². The van der Waals surface area contributed by atoms with E-state index in [1.165, 1.54) is 18.4 Å². The van der Waals surface area contributed by atoms with Crippen LogP contribution in [-0.4, -0.2) is 43.7 Å². The number of nitrogens with zero attached hydrogens (tertiary/aromatic N) is 1. The van der Waals surface area contributed by atoms with Crippen LogP contribution in [-0.2, 0) is 9.47 Å². The Balaban J connectivity index is 1.37. The zero-order valence-electron chi connectivity index (χ0n) is 13.0. The lowest BCUT2D eigenvalue weighted by molar-refractivity contribution is 0.0590. The molecule has 0 radical (unpaired) electrons. The van der Waals surface area contributed by atoms with Crippen molar-refractivity contribution in [1.29, 1.82) is 0 Å².